The second kappa shape index (κ2) is 8.30. The van der Waals surface area contributed by atoms with Crippen LogP contribution in [0, 0.1) is 0 Å². The summed E-state index contributed by atoms with van der Waals surface area (Å²) < 4.78 is 0. The van der Waals surface area contributed by atoms with Gasteiger partial charge in [-0.15, -0.1) is 0 Å². The van der Waals surface area contributed by atoms with E-state index in [-0.39, 0.29) is 0 Å². The number of allylic oxidation sites excluding steroid dienone is 2. The van der Waals surface area contributed by atoms with Crippen LogP contribution in [-0.4, -0.2) is 0 Å². The molecule has 0 aromatic heterocycles. The van der Waals surface area contributed by atoms with Crippen molar-refractivity contribution < 1.29 is 0 Å². The van der Waals surface area contributed by atoms with Crippen molar-refractivity contribution in [1.82, 2.24) is 0 Å². The van der Waals surface area contributed by atoms with E-state index in [0.717, 1.165) is 0 Å². The van der Waals surface area contributed by atoms with Crippen molar-refractivity contribution in [1.29, 1.82) is 0 Å². The summed E-state index contributed by atoms with van der Waals surface area (Å²) in [6, 6.07) is 53.1. The predicted octanol–water partition coefficient (Wildman–Crippen LogP) is 9.75. The molecule has 0 bridgehead atoms. The highest BCUT2D eigenvalue weighted by atomic mass is 14.4. The second-order valence-electron chi connectivity index (χ2n) is 10.1. The Morgan fingerprint density at radius 3 is 1.18 bits per heavy atom. The van der Waals surface area contributed by atoms with Crippen LogP contribution in [-0.2, 0) is 0 Å². The normalized spacial score (nSPS) is 13.6. The van der Waals surface area contributed by atoms with E-state index in [2.05, 4.69) is 146 Å². The summed E-state index contributed by atoms with van der Waals surface area (Å²) in [4.78, 5) is 0. The largest absolute Gasteiger partial charge is 0.0622 e. The zero-order valence-corrected chi connectivity index (χ0v) is 20.9. The smallest absolute Gasteiger partial charge is 0.000763 e. The molecule has 2 aliphatic carbocycles. The summed E-state index contributed by atoms with van der Waals surface area (Å²) in [6.45, 7) is 0. The molecule has 0 spiro atoms. The lowest BCUT2D eigenvalue weighted by molar-refractivity contribution is 1.53. The Labute approximate surface area is 222 Å². The topological polar surface area (TPSA) is 0 Å². The maximum absolute atomic E-state index is 2.37. The predicted molar refractivity (Wildman–Crippen MR) is 161 cm³/mol. The van der Waals surface area contributed by atoms with Crippen molar-refractivity contribution in [3.8, 4) is 11.1 Å². The monoisotopic (exact) mass is 480 g/mol. The van der Waals surface area contributed by atoms with E-state index >= 15 is 0 Å². The first-order valence-corrected chi connectivity index (χ1v) is 13.2. The summed E-state index contributed by atoms with van der Waals surface area (Å²) in [5.41, 5.74) is 15.7. The third kappa shape index (κ3) is 3.11. The van der Waals surface area contributed by atoms with Gasteiger partial charge in [0.05, 0.1) is 0 Å². The van der Waals surface area contributed by atoms with Gasteiger partial charge in [0, 0.05) is 0 Å². The lowest BCUT2D eigenvalue weighted by Crippen LogP contribution is -1.92. The van der Waals surface area contributed by atoms with Crippen molar-refractivity contribution in [2.45, 2.75) is 0 Å². The van der Waals surface area contributed by atoms with Gasteiger partial charge >= 0.3 is 0 Å². The molecule has 0 N–H and O–H groups in total. The van der Waals surface area contributed by atoms with Crippen LogP contribution >= 0.6 is 0 Å². The number of fused-ring (bicyclic) bond motifs is 6. The standard InChI is InChI=1S/C38H24/c1-3-11-25(12-4-1)27-19-20-29-24-30(22-21-28(29)23-27)36-32-16-8-10-18-34(32)37-35(26-13-5-2-6-14-26)31-15-7-9-17-33(31)38(36)37/h1-24H. The van der Waals surface area contributed by atoms with Gasteiger partial charge in [0.2, 0.25) is 0 Å². The van der Waals surface area contributed by atoms with Crippen LogP contribution in [0.25, 0.3) is 44.2 Å². The second-order valence-corrected chi connectivity index (χ2v) is 10.1. The molecular formula is C38H24. The lowest BCUT2D eigenvalue weighted by Gasteiger charge is -2.12. The third-order valence-corrected chi connectivity index (χ3v) is 7.98. The Bertz CT molecular complexity index is 1940. The Morgan fingerprint density at radius 2 is 0.632 bits per heavy atom. The average molecular weight is 481 g/mol. The van der Waals surface area contributed by atoms with Gasteiger partial charge in [-0.2, -0.15) is 0 Å². The van der Waals surface area contributed by atoms with Crippen LogP contribution in [0.5, 0.6) is 0 Å². The summed E-state index contributed by atoms with van der Waals surface area (Å²) >= 11 is 0. The molecule has 0 unspecified atom stereocenters. The Hall–Kier alpha value is -4.94. The average Bonchev–Trinajstić information content (AvgIpc) is 3.50. The van der Waals surface area contributed by atoms with Crippen LogP contribution in [0.2, 0.25) is 0 Å². The minimum Gasteiger partial charge on any atom is -0.0622 e. The van der Waals surface area contributed by atoms with Crippen LogP contribution in [0.4, 0.5) is 0 Å². The minimum atomic E-state index is 1.25. The Balaban J connectivity index is 1.38. The minimum absolute atomic E-state index is 1.25. The number of hydrogen-bond acceptors (Lipinski definition) is 0. The molecule has 6 aromatic carbocycles. The van der Waals surface area contributed by atoms with Crippen molar-refractivity contribution in [2.75, 3.05) is 0 Å². The Morgan fingerprint density at radius 1 is 0.237 bits per heavy atom. The van der Waals surface area contributed by atoms with Crippen molar-refractivity contribution in [3.63, 3.8) is 0 Å². The Kier molecular flexibility index (Phi) is 4.62. The van der Waals surface area contributed by atoms with Gasteiger partial charge in [-0.05, 0) is 89.7 Å². The van der Waals surface area contributed by atoms with E-state index in [1.54, 1.807) is 0 Å². The van der Waals surface area contributed by atoms with Gasteiger partial charge in [-0.3, -0.25) is 0 Å². The highest BCUT2D eigenvalue weighted by Crippen LogP contribution is 2.58. The van der Waals surface area contributed by atoms with Gasteiger partial charge in [0.1, 0.15) is 0 Å². The molecule has 0 saturated carbocycles. The third-order valence-electron chi connectivity index (χ3n) is 7.98. The molecule has 0 saturated heterocycles. The van der Waals surface area contributed by atoms with Gasteiger partial charge < -0.3 is 0 Å². The zero-order valence-electron chi connectivity index (χ0n) is 20.9. The first-order valence-electron chi connectivity index (χ1n) is 13.2. The molecule has 0 fully saturated rings. The van der Waals surface area contributed by atoms with Crippen molar-refractivity contribution in [2.24, 2.45) is 0 Å². The lowest BCUT2D eigenvalue weighted by atomic mass is 9.91. The first kappa shape index (κ1) is 21.2. The van der Waals surface area contributed by atoms with Crippen LogP contribution in [0.1, 0.15) is 33.4 Å². The van der Waals surface area contributed by atoms with E-state index in [9.17, 15) is 0 Å². The molecule has 38 heavy (non-hydrogen) atoms. The van der Waals surface area contributed by atoms with Crippen LogP contribution in [0.3, 0.4) is 0 Å². The molecule has 6 aromatic rings. The quantitative estimate of drug-likeness (QED) is 0.236. The number of benzene rings is 6. The molecule has 0 nitrogen and oxygen atoms in total. The van der Waals surface area contributed by atoms with E-state index in [0.29, 0.717) is 0 Å². The van der Waals surface area contributed by atoms with Crippen LogP contribution in [0.15, 0.2) is 146 Å². The molecule has 8 rings (SSSR count). The SMILES string of the molecule is c1ccc(C2=C3C(=C(c4ccc5cc(-c6ccccc6)ccc5c4)c4ccccc43)c3ccccc32)cc1. The highest BCUT2D eigenvalue weighted by Gasteiger charge is 2.36. The van der Waals surface area contributed by atoms with Gasteiger partial charge in [-0.25, -0.2) is 0 Å². The molecule has 2 aliphatic rings. The molecule has 0 amide bonds. The molecule has 0 heterocycles. The van der Waals surface area contributed by atoms with E-state index in [1.165, 1.54) is 77.6 Å². The summed E-state index contributed by atoms with van der Waals surface area (Å²) in [7, 11) is 0. The molecule has 0 heteroatoms. The van der Waals surface area contributed by atoms with Gasteiger partial charge in [0.15, 0.2) is 0 Å². The fourth-order valence-electron chi connectivity index (χ4n) is 6.31. The maximum Gasteiger partial charge on any atom is -0.000763 e. The first-order chi connectivity index (χ1) is 18.9. The van der Waals surface area contributed by atoms with Crippen LogP contribution < -0.4 is 0 Å². The van der Waals surface area contributed by atoms with Crippen molar-refractivity contribution >= 4 is 33.1 Å². The fraction of sp³-hybridized carbons (Fsp3) is 0. The van der Waals surface area contributed by atoms with E-state index in [1.807, 2.05) is 0 Å². The molecule has 0 aliphatic heterocycles. The summed E-state index contributed by atoms with van der Waals surface area (Å²) in [5.74, 6) is 0. The molecular weight excluding hydrogens is 456 g/mol. The summed E-state index contributed by atoms with van der Waals surface area (Å²) in [5, 5.41) is 2.53. The molecule has 0 radical (unpaired) electrons. The molecule has 176 valence electrons. The maximum atomic E-state index is 2.37. The number of hydrogen-bond donors (Lipinski definition) is 0. The fourth-order valence-corrected chi connectivity index (χ4v) is 6.31. The van der Waals surface area contributed by atoms with Gasteiger partial charge in [-0.1, -0.05) is 133 Å². The number of rotatable bonds is 3. The van der Waals surface area contributed by atoms with Crippen molar-refractivity contribution in [3.05, 3.63) is 179 Å². The van der Waals surface area contributed by atoms with E-state index < -0.39 is 0 Å². The highest BCUT2D eigenvalue weighted by molar-refractivity contribution is 6.35. The van der Waals surface area contributed by atoms with E-state index in [4.69, 9.17) is 0 Å². The zero-order chi connectivity index (χ0) is 25.1. The summed E-state index contributed by atoms with van der Waals surface area (Å²) in [6.07, 6.45) is 0. The van der Waals surface area contributed by atoms with Gasteiger partial charge in [0.25, 0.3) is 0 Å². The molecule has 0 atom stereocenters.